The highest BCUT2D eigenvalue weighted by Gasteiger charge is 2.36. The number of aromatic amines is 1. The van der Waals surface area contributed by atoms with Gasteiger partial charge in [-0.1, -0.05) is 11.6 Å². The number of carbonyl (C=O) groups excluding carboxylic acids is 1. The number of hydrogen-bond acceptors (Lipinski definition) is 4. The summed E-state index contributed by atoms with van der Waals surface area (Å²) in [6.45, 7) is 0.149. The highest BCUT2D eigenvalue weighted by Crippen LogP contribution is 2.25. The molecule has 8 heteroatoms. The maximum Gasteiger partial charge on any atom is 0.326 e. The molecule has 1 atom stereocenters. The monoisotopic (exact) mass is 306 g/mol. The first-order valence-electron chi connectivity index (χ1n) is 6.22. The molecule has 2 aromatic rings. The minimum atomic E-state index is -1.07. The molecule has 0 aromatic carbocycles. The Labute approximate surface area is 124 Å². The van der Waals surface area contributed by atoms with Crippen molar-refractivity contribution in [1.82, 2.24) is 19.9 Å². The molecular weight excluding hydrogens is 296 g/mol. The van der Waals surface area contributed by atoms with Gasteiger partial charge in [-0.25, -0.2) is 9.78 Å². The summed E-state index contributed by atoms with van der Waals surface area (Å²) in [6.07, 6.45) is 4.47. The van der Waals surface area contributed by atoms with Crippen molar-refractivity contribution in [1.29, 1.82) is 0 Å². The number of halogens is 1. The first-order valence-corrected chi connectivity index (χ1v) is 6.60. The van der Waals surface area contributed by atoms with Gasteiger partial charge in [0.1, 0.15) is 6.04 Å². The van der Waals surface area contributed by atoms with E-state index in [2.05, 4.69) is 15.0 Å². The highest BCUT2D eigenvalue weighted by molar-refractivity contribution is 6.33. The number of hydrogen-bond donors (Lipinski definition) is 2. The van der Waals surface area contributed by atoms with Crippen LogP contribution in [0, 0.1) is 0 Å². The Hall–Kier alpha value is -2.41. The van der Waals surface area contributed by atoms with Gasteiger partial charge in [0.15, 0.2) is 0 Å². The predicted octanol–water partition coefficient (Wildman–Crippen LogP) is 1.11. The molecule has 0 spiro atoms. The zero-order valence-corrected chi connectivity index (χ0v) is 11.5. The van der Waals surface area contributed by atoms with E-state index in [-0.39, 0.29) is 23.6 Å². The second-order valence-corrected chi connectivity index (χ2v) is 5.08. The lowest BCUT2D eigenvalue weighted by Crippen LogP contribution is -2.48. The number of imidazole rings is 1. The summed E-state index contributed by atoms with van der Waals surface area (Å²) in [6, 6.07) is 0.528. The van der Waals surface area contributed by atoms with Gasteiger partial charge in [0.05, 0.1) is 34.8 Å². The molecule has 0 saturated carbocycles. The third-order valence-electron chi connectivity index (χ3n) is 3.44. The fraction of sp³-hybridized carbons (Fsp3) is 0.231. The quantitative estimate of drug-likeness (QED) is 0.866. The number of fused-ring (bicyclic) bond motifs is 1. The molecule has 1 unspecified atom stereocenters. The van der Waals surface area contributed by atoms with E-state index in [0.29, 0.717) is 5.69 Å². The standard InChI is InChI=1S/C13H11ClN4O3/c14-8-1-2-15-4-7(8)12(19)18-5-10-9(16-6-17-10)3-11(18)13(20)21/h1-2,4,6,11H,3,5H2,(H,16,17)(H,20,21). The number of amides is 1. The number of nitrogens with zero attached hydrogens (tertiary/aromatic N) is 3. The number of aromatic nitrogens is 3. The summed E-state index contributed by atoms with van der Waals surface area (Å²) in [5, 5.41) is 9.60. The average molecular weight is 307 g/mol. The van der Waals surface area contributed by atoms with Crippen LogP contribution in [0.5, 0.6) is 0 Å². The lowest BCUT2D eigenvalue weighted by atomic mass is 10.0. The molecule has 108 valence electrons. The summed E-state index contributed by atoms with van der Waals surface area (Å²) in [7, 11) is 0. The maximum atomic E-state index is 12.6. The number of H-pyrrole nitrogens is 1. The molecule has 1 amide bonds. The molecule has 0 bridgehead atoms. The average Bonchev–Trinajstić information content (AvgIpc) is 2.93. The Morgan fingerprint density at radius 1 is 1.48 bits per heavy atom. The van der Waals surface area contributed by atoms with Crippen LogP contribution in [-0.2, 0) is 17.8 Å². The van der Waals surface area contributed by atoms with Gasteiger partial charge in [-0.2, -0.15) is 0 Å². The minimum Gasteiger partial charge on any atom is -0.480 e. The summed E-state index contributed by atoms with van der Waals surface area (Å²) in [4.78, 5) is 36.1. The van der Waals surface area contributed by atoms with Crippen LogP contribution in [-0.4, -0.2) is 42.9 Å². The van der Waals surface area contributed by atoms with E-state index in [1.54, 1.807) is 0 Å². The second-order valence-electron chi connectivity index (χ2n) is 4.67. The van der Waals surface area contributed by atoms with Gasteiger partial charge in [0.2, 0.25) is 0 Å². The lowest BCUT2D eigenvalue weighted by Gasteiger charge is -2.32. The van der Waals surface area contributed by atoms with Crippen molar-refractivity contribution in [2.24, 2.45) is 0 Å². The summed E-state index contributed by atoms with van der Waals surface area (Å²) in [5.74, 6) is -1.53. The predicted molar refractivity (Wildman–Crippen MR) is 72.8 cm³/mol. The van der Waals surface area contributed by atoms with Crippen molar-refractivity contribution < 1.29 is 14.7 Å². The Balaban J connectivity index is 1.98. The van der Waals surface area contributed by atoms with Crippen molar-refractivity contribution in [2.45, 2.75) is 19.0 Å². The molecule has 21 heavy (non-hydrogen) atoms. The number of nitrogens with one attached hydrogen (secondary N) is 1. The molecule has 2 N–H and O–H groups in total. The van der Waals surface area contributed by atoms with Crippen molar-refractivity contribution in [3.63, 3.8) is 0 Å². The van der Waals surface area contributed by atoms with Gasteiger partial charge < -0.3 is 15.0 Å². The molecule has 1 aliphatic heterocycles. The molecule has 0 fully saturated rings. The van der Waals surface area contributed by atoms with Crippen molar-refractivity contribution >= 4 is 23.5 Å². The van der Waals surface area contributed by atoms with Crippen LogP contribution in [0.25, 0.3) is 0 Å². The molecular formula is C13H11ClN4O3. The molecule has 7 nitrogen and oxygen atoms in total. The van der Waals surface area contributed by atoms with Crippen LogP contribution in [0.3, 0.4) is 0 Å². The fourth-order valence-corrected chi connectivity index (χ4v) is 2.55. The molecule has 3 rings (SSSR count). The Kier molecular flexibility index (Phi) is 3.34. The minimum absolute atomic E-state index is 0.149. The lowest BCUT2D eigenvalue weighted by molar-refractivity contribution is -0.142. The zero-order valence-electron chi connectivity index (χ0n) is 10.8. The highest BCUT2D eigenvalue weighted by atomic mass is 35.5. The van der Waals surface area contributed by atoms with Crippen LogP contribution in [0.2, 0.25) is 5.02 Å². The third-order valence-corrected chi connectivity index (χ3v) is 3.77. The molecule has 2 aromatic heterocycles. The van der Waals surface area contributed by atoms with Crippen molar-refractivity contribution in [2.75, 3.05) is 0 Å². The topological polar surface area (TPSA) is 99.2 Å². The summed E-state index contributed by atoms with van der Waals surface area (Å²) in [5.41, 5.74) is 1.60. The van der Waals surface area contributed by atoms with E-state index in [1.165, 1.54) is 29.7 Å². The van der Waals surface area contributed by atoms with Gasteiger partial charge in [-0.15, -0.1) is 0 Å². The van der Waals surface area contributed by atoms with Gasteiger partial charge in [0.25, 0.3) is 5.91 Å². The Morgan fingerprint density at radius 2 is 2.29 bits per heavy atom. The first kappa shape index (κ1) is 13.6. The van der Waals surface area contributed by atoms with E-state index in [0.717, 1.165) is 5.69 Å². The van der Waals surface area contributed by atoms with Crippen LogP contribution >= 0.6 is 11.6 Å². The molecule has 3 heterocycles. The van der Waals surface area contributed by atoms with E-state index < -0.39 is 17.9 Å². The molecule has 1 aliphatic rings. The third kappa shape index (κ3) is 2.36. The van der Waals surface area contributed by atoms with Crippen molar-refractivity contribution in [3.05, 3.63) is 46.8 Å². The molecule has 0 saturated heterocycles. The van der Waals surface area contributed by atoms with Crippen LogP contribution < -0.4 is 0 Å². The number of rotatable bonds is 2. The molecule has 0 radical (unpaired) electrons. The first-order chi connectivity index (χ1) is 10.1. The molecule has 0 aliphatic carbocycles. The Morgan fingerprint density at radius 3 is 3.00 bits per heavy atom. The van der Waals surface area contributed by atoms with Gasteiger partial charge in [-0.3, -0.25) is 9.78 Å². The smallest absolute Gasteiger partial charge is 0.326 e. The second kappa shape index (κ2) is 5.17. The normalized spacial score (nSPS) is 17.4. The fourth-order valence-electron chi connectivity index (χ4n) is 2.36. The van der Waals surface area contributed by atoms with Gasteiger partial charge in [0, 0.05) is 18.8 Å². The van der Waals surface area contributed by atoms with Crippen LogP contribution in [0.15, 0.2) is 24.8 Å². The van der Waals surface area contributed by atoms with Gasteiger partial charge >= 0.3 is 5.97 Å². The van der Waals surface area contributed by atoms with E-state index in [1.807, 2.05) is 0 Å². The van der Waals surface area contributed by atoms with E-state index >= 15 is 0 Å². The number of aliphatic carboxylic acids is 1. The summed E-state index contributed by atoms with van der Waals surface area (Å²) >= 11 is 5.99. The van der Waals surface area contributed by atoms with Crippen LogP contribution in [0.1, 0.15) is 21.7 Å². The van der Waals surface area contributed by atoms with E-state index in [4.69, 9.17) is 11.6 Å². The van der Waals surface area contributed by atoms with Gasteiger partial charge in [-0.05, 0) is 6.07 Å². The van der Waals surface area contributed by atoms with E-state index in [9.17, 15) is 14.7 Å². The number of carboxylic acid groups (broad SMARTS) is 1. The number of carbonyl (C=O) groups is 2. The maximum absolute atomic E-state index is 12.6. The number of carboxylic acids is 1. The Bertz CT molecular complexity index is 715. The van der Waals surface area contributed by atoms with Crippen molar-refractivity contribution in [3.8, 4) is 0 Å². The zero-order chi connectivity index (χ0) is 15.0. The number of pyridine rings is 1. The summed E-state index contributed by atoms with van der Waals surface area (Å²) < 4.78 is 0. The largest absolute Gasteiger partial charge is 0.480 e. The SMILES string of the molecule is O=C(O)C1Cc2nc[nH]c2CN1C(=O)c1cnccc1Cl. The van der Waals surface area contributed by atoms with Crippen LogP contribution in [0.4, 0.5) is 0 Å².